The van der Waals surface area contributed by atoms with E-state index in [4.69, 9.17) is 16.3 Å². The van der Waals surface area contributed by atoms with E-state index in [1.165, 1.54) is 4.88 Å². The lowest BCUT2D eigenvalue weighted by Gasteiger charge is -2.37. The number of fused-ring (bicyclic) bond motifs is 1. The van der Waals surface area contributed by atoms with E-state index in [-0.39, 0.29) is 30.6 Å². The Kier molecular flexibility index (Phi) is 9.25. The van der Waals surface area contributed by atoms with Gasteiger partial charge < -0.3 is 19.9 Å². The Bertz CT molecular complexity index is 991. The number of rotatable bonds is 9. The average Bonchev–Trinajstić information content (AvgIpc) is 3.25. The number of nitrogens with zero attached hydrogens (tertiary/aromatic N) is 2. The van der Waals surface area contributed by atoms with Crippen LogP contribution in [-0.2, 0) is 11.2 Å². The van der Waals surface area contributed by atoms with Crippen molar-refractivity contribution < 1.29 is 14.3 Å². The van der Waals surface area contributed by atoms with Gasteiger partial charge in [-0.15, -0.1) is 11.3 Å². The molecule has 8 heteroatoms. The van der Waals surface area contributed by atoms with Crippen LogP contribution in [0.3, 0.4) is 0 Å². The maximum Gasteiger partial charge on any atom is 0.318 e. The van der Waals surface area contributed by atoms with Gasteiger partial charge in [0.1, 0.15) is 18.9 Å². The maximum absolute atomic E-state index is 13.5. The fourth-order valence-corrected chi connectivity index (χ4v) is 5.06. The monoisotopic (exact) mass is 505 g/mol. The standard InChI is InChI=1S/C26H36ClN3O3S/c1-17(2)8-11-29(26(32)28-18(3)4)15-25(31)30-12-9-24-21(10-13-34-24)23(30)16-33-20-6-7-22(27)19(5)14-20/h6-7,10,13-14,17-18,23H,8-9,11-12,15-16H2,1-5H3,(H,28,32)/t23-/m0/s1. The first-order valence-electron chi connectivity index (χ1n) is 12.0. The third-order valence-electron chi connectivity index (χ3n) is 5.95. The van der Waals surface area contributed by atoms with Crippen LogP contribution in [0.5, 0.6) is 5.75 Å². The summed E-state index contributed by atoms with van der Waals surface area (Å²) in [4.78, 5) is 31.1. The zero-order chi connectivity index (χ0) is 24.8. The SMILES string of the molecule is Cc1cc(OC[C@H]2c3ccsc3CCN2C(=O)CN(CCC(C)C)C(=O)NC(C)C)ccc1Cl. The number of thiophene rings is 1. The number of hydrogen-bond acceptors (Lipinski definition) is 4. The highest BCUT2D eigenvalue weighted by molar-refractivity contribution is 7.10. The Hall–Kier alpha value is -2.25. The Balaban J connectivity index is 1.76. The minimum atomic E-state index is -0.196. The molecule has 0 bridgehead atoms. The van der Waals surface area contributed by atoms with Crippen molar-refractivity contribution in [2.45, 2.75) is 59.5 Å². The van der Waals surface area contributed by atoms with E-state index in [1.807, 2.05) is 43.9 Å². The number of carbonyl (C=O) groups is 2. The fraction of sp³-hybridized carbons (Fsp3) is 0.538. The van der Waals surface area contributed by atoms with E-state index in [0.29, 0.717) is 30.6 Å². The minimum Gasteiger partial charge on any atom is -0.491 e. The highest BCUT2D eigenvalue weighted by Crippen LogP contribution is 2.34. The van der Waals surface area contributed by atoms with Crippen LogP contribution in [0, 0.1) is 12.8 Å². The summed E-state index contributed by atoms with van der Waals surface area (Å²) in [5.74, 6) is 1.11. The van der Waals surface area contributed by atoms with Crippen LogP contribution in [-0.4, -0.2) is 54.0 Å². The number of halogens is 1. The molecule has 1 atom stereocenters. The van der Waals surface area contributed by atoms with Gasteiger partial charge in [-0.2, -0.15) is 0 Å². The first-order valence-corrected chi connectivity index (χ1v) is 13.2. The van der Waals surface area contributed by atoms with Crippen molar-refractivity contribution in [3.8, 4) is 5.75 Å². The first kappa shape index (κ1) is 26.4. The Morgan fingerprint density at radius 2 is 2.03 bits per heavy atom. The van der Waals surface area contributed by atoms with Gasteiger partial charge in [0.15, 0.2) is 0 Å². The molecule has 2 aromatic rings. The zero-order valence-corrected chi connectivity index (χ0v) is 22.3. The summed E-state index contributed by atoms with van der Waals surface area (Å²) in [5.41, 5.74) is 2.08. The minimum absolute atomic E-state index is 0.0106. The topological polar surface area (TPSA) is 61.9 Å². The lowest BCUT2D eigenvalue weighted by molar-refractivity contribution is -0.135. The van der Waals surface area contributed by atoms with Gasteiger partial charge in [0.05, 0.1) is 6.04 Å². The lowest BCUT2D eigenvalue weighted by Crippen LogP contribution is -2.51. The second kappa shape index (κ2) is 11.9. The van der Waals surface area contributed by atoms with Crippen LogP contribution < -0.4 is 10.1 Å². The van der Waals surface area contributed by atoms with Gasteiger partial charge in [-0.1, -0.05) is 25.4 Å². The van der Waals surface area contributed by atoms with E-state index in [1.54, 1.807) is 16.2 Å². The quantitative estimate of drug-likeness (QED) is 0.476. The number of carbonyl (C=O) groups excluding carboxylic acids is 2. The summed E-state index contributed by atoms with van der Waals surface area (Å²) < 4.78 is 6.13. The highest BCUT2D eigenvalue weighted by atomic mass is 35.5. The van der Waals surface area contributed by atoms with Gasteiger partial charge >= 0.3 is 6.03 Å². The van der Waals surface area contributed by atoms with Crippen molar-refractivity contribution in [2.24, 2.45) is 5.92 Å². The normalized spacial score (nSPS) is 15.4. The van der Waals surface area contributed by atoms with E-state index >= 15 is 0 Å². The molecule has 0 saturated heterocycles. The van der Waals surface area contributed by atoms with Gasteiger partial charge in [-0.25, -0.2) is 4.79 Å². The highest BCUT2D eigenvalue weighted by Gasteiger charge is 2.33. The Morgan fingerprint density at radius 1 is 1.26 bits per heavy atom. The summed E-state index contributed by atoms with van der Waals surface area (Å²) in [5, 5.41) is 5.71. The summed E-state index contributed by atoms with van der Waals surface area (Å²) in [7, 11) is 0. The molecule has 0 saturated carbocycles. The fourth-order valence-electron chi connectivity index (χ4n) is 4.02. The van der Waals surface area contributed by atoms with Gasteiger partial charge in [0, 0.05) is 29.0 Å². The second-order valence-electron chi connectivity index (χ2n) is 9.58. The number of ether oxygens (including phenoxy) is 1. The Morgan fingerprint density at radius 3 is 2.71 bits per heavy atom. The van der Waals surface area contributed by atoms with Crippen molar-refractivity contribution in [1.82, 2.24) is 15.1 Å². The van der Waals surface area contributed by atoms with Gasteiger partial charge in [0.25, 0.3) is 0 Å². The zero-order valence-electron chi connectivity index (χ0n) is 20.8. The molecule has 0 unspecified atom stereocenters. The Labute approximate surface area is 212 Å². The molecule has 1 N–H and O–H groups in total. The molecule has 0 fully saturated rings. The molecular formula is C26H36ClN3O3S. The van der Waals surface area contributed by atoms with Crippen LogP contribution in [0.2, 0.25) is 5.02 Å². The van der Waals surface area contributed by atoms with Crippen molar-refractivity contribution in [2.75, 3.05) is 26.2 Å². The molecule has 0 spiro atoms. The van der Waals surface area contributed by atoms with Crippen LogP contribution in [0.4, 0.5) is 4.79 Å². The number of benzene rings is 1. The number of nitrogens with one attached hydrogen (secondary N) is 1. The van der Waals surface area contributed by atoms with Crippen LogP contribution in [0.1, 0.15) is 56.2 Å². The van der Waals surface area contributed by atoms with E-state index in [0.717, 1.165) is 29.7 Å². The summed E-state index contributed by atoms with van der Waals surface area (Å²) >= 11 is 7.87. The van der Waals surface area contributed by atoms with Crippen molar-refractivity contribution in [3.63, 3.8) is 0 Å². The smallest absolute Gasteiger partial charge is 0.318 e. The van der Waals surface area contributed by atoms with Crippen LogP contribution in [0.15, 0.2) is 29.6 Å². The van der Waals surface area contributed by atoms with E-state index in [2.05, 4.69) is 30.6 Å². The molecule has 1 aromatic carbocycles. The van der Waals surface area contributed by atoms with Gasteiger partial charge in [0.2, 0.25) is 5.91 Å². The second-order valence-corrected chi connectivity index (χ2v) is 11.0. The third kappa shape index (κ3) is 6.89. The molecule has 186 valence electrons. The molecule has 2 heterocycles. The van der Waals surface area contributed by atoms with E-state index in [9.17, 15) is 9.59 Å². The summed E-state index contributed by atoms with van der Waals surface area (Å²) in [6.07, 6.45) is 1.66. The molecule has 0 radical (unpaired) electrons. The molecule has 1 aromatic heterocycles. The van der Waals surface area contributed by atoms with Crippen LogP contribution in [0.25, 0.3) is 0 Å². The molecule has 0 aliphatic carbocycles. The molecule has 1 aliphatic heterocycles. The van der Waals surface area contributed by atoms with Crippen molar-refractivity contribution >= 4 is 34.9 Å². The van der Waals surface area contributed by atoms with Crippen LogP contribution >= 0.6 is 22.9 Å². The third-order valence-corrected chi connectivity index (χ3v) is 7.37. The largest absolute Gasteiger partial charge is 0.491 e. The summed E-state index contributed by atoms with van der Waals surface area (Å²) in [6.45, 7) is 11.6. The predicted octanol–water partition coefficient (Wildman–Crippen LogP) is 5.68. The number of hydrogen-bond donors (Lipinski definition) is 1. The van der Waals surface area contributed by atoms with E-state index < -0.39 is 0 Å². The molecule has 34 heavy (non-hydrogen) atoms. The maximum atomic E-state index is 13.5. The first-order chi connectivity index (χ1) is 16.2. The molecular weight excluding hydrogens is 470 g/mol. The molecule has 3 amide bonds. The van der Waals surface area contributed by atoms with Crippen molar-refractivity contribution in [1.29, 1.82) is 0 Å². The number of urea groups is 1. The van der Waals surface area contributed by atoms with Crippen molar-refractivity contribution in [3.05, 3.63) is 50.7 Å². The number of amides is 3. The molecule has 3 rings (SSSR count). The van der Waals surface area contributed by atoms with Gasteiger partial charge in [-0.05, 0) is 80.3 Å². The number of aryl methyl sites for hydroxylation is 1. The lowest BCUT2D eigenvalue weighted by atomic mass is 10.0. The molecule has 6 nitrogen and oxygen atoms in total. The van der Waals surface area contributed by atoms with Gasteiger partial charge in [-0.3, -0.25) is 4.79 Å². The molecule has 1 aliphatic rings. The average molecular weight is 506 g/mol. The summed E-state index contributed by atoms with van der Waals surface area (Å²) in [6, 6.07) is 7.30. The predicted molar refractivity (Wildman–Crippen MR) is 139 cm³/mol.